The molecule has 2 aliphatic heterocycles. The number of hydrogen-bond donors (Lipinski definition) is 1. The molecule has 0 fully saturated rings. The van der Waals surface area contributed by atoms with Gasteiger partial charge in [-0.25, -0.2) is 9.18 Å². The van der Waals surface area contributed by atoms with E-state index < -0.39 is 28.8 Å². The number of halogens is 4. The lowest BCUT2D eigenvalue weighted by Crippen LogP contribution is -2.27. The second-order valence-electron chi connectivity index (χ2n) is 5.81. The zero-order chi connectivity index (χ0) is 19.3. The van der Waals surface area contributed by atoms with E-state index in [0.717, 1.165) is 22.8 Å². The first-order valence-electron chi connectivity index (χ1n) is 7.67. The van der Waals surface area contributed by atoms with E-state index in [-0.39, 0.29) is 28.0 Å². The number of benzene rings is 2. The van der Waals surface area contributed by atoms with Crippen molar-refractivity contribution in [1.82, 2.24) is 14.5 Å². The Morgan fingerprint density at radius 3 is 2.44 bits per heavy atom. The van der Waals surface area contributed by atoms with Gasteiger partial charge in [0.1, 0.15) is 5.82 Å². The number of para-hydroxylation sites is 1. The summed E-state index contributed by atoms with van der Waals surface area (Å²) in [5.41, 5.74) is -2.93. The fourth-order valence-electron chi connectivity index (χ4n) is 2.93. The Morgan fingerprint density at radius 2 is 1.74 bits per heavy atom. The van der Waals surface area contributed by atoms with E-state index in [1.54, 1.807) is 0 Å². The first-order chi connectivity index (χ1) is 12.8. The molecule has 0 spiro atoms. The lowest BCUT2D eigenvalue weighted by atomic mass is 10.1. The maximum absolute atomic E-state index is 14.4. The number of H-pyrrole nitrogens is 1. The summed E-state index contributed by atoms with van der Waals surface area (Å²) in [4.78, 5) is 29.5. The first-order valence-corrected chi connectivity index (χ1v) is 7.67. The molecular formula is C18H9F4N3O2. The quantitative estimate of drug-likeness (QED) is 0.410. The van der Waals surface area contributed by atoms with Crippen LogP contribution in [0.3, 0.4) is 0 Å². The fourth-order valence-corrected chi connectivity index (χ4v) is 2.93. The van der Waals surface area contributed by atoms with Crippen LogP contribution in [0.5, 0.6) is 0 Å². The van der Waals surface area contributed by atoms with Gasteiger partial charge in [-0.2, -0.15) is 18.2 Å². The van der Waals surface area contributed by atoms with Gasteiger partial charge in [-0.05, 0) is 35.7 Å². The number of pyridine rings is 1. The standard InChI is InChI=1S/C18H9F4N3O2/c19-12-3-1-2-4-13(12)25-14-8-10(18(20,21)22)6-5-9(14)7-11-15(25)23-17(27)24-16(11)26/h1-8H,(H,24,26,27). The van der Waals surface area contributed by atoms with Gasteiger partial charge in [0.2, 0.25) is 0 Å². The molecule has 0 saturated heterocycles. The number of fused-ring (bicyclic) bond motifs is 2. The van der Waals surface area contributed by atoms with Crippen LogP contribution in [0.2, 0.25) is 0 Å². The smallest absolute Gasteiger partial charge is 0.291 e. The molecule has 0 bridgehead atoms. The number of aromatic nitrogens is 3. The summed E-state index contributed by atoms with van der Waals surface area (Å²) in [6.07, 6.45) is -4.62. The minimum atomic E-state index is -4.62. The van der Waals surface area contributed by atoms with E-state index in [2.05, 4.69) is 4.98 Å². The van der Waals surface area contributed by atoms with Crippen LogP contribution in [0.15, 0.2) is 58.1 Å². The number of nitrogens with one attached hydrogen (secondary N) is 1. The monoisotopic (exact) mass is 375 g/mol. The molecule has 1 N–H and O–H groups in total. The molecule has 9 heteroatoms. The van der Waals surface area contributed by atoms with E-state index in [0.29, 0.717) is 0 Å². The van der Waals surface area contributed by atoms with Gasteiger partial charge in [-0.3, -0.25) is 14.3 Å². The van der Waals surface area contributed by atoms with Gasteiger partial charge in [0, 0.05) is 0 Å². The minimum Gasteiger partial charge on any atom is -0.291 e. The Bertz CT molecular complexity index is 1270. The van der Waals surface area contributed by atoms with Gasteiger partial charge in [0.25, 0.3) is 5.56 Å². The largest absolute Gasteiger partial charge is 0.416 e. The molecule has 0 aliphatic carbocycles. The molecule has 0 atom stereocenters. The summed E-state index contributed by atoms with van der Waals surface area (Å²) < 4.78 is 55.0. The Morgan fingerprint density at radius 1 is 1.00 bits per heavy atom. The third kappa shape index (κ3) is 2.77. The molecule has 0 saturated carbocycles. The average Bonchev–Trinajstić information content (AvgIpc) is 2.60. The molecule has 0 unspecified atom stereocenters. The molecule has 0 radical (unpaired) electrons. The molecule has 2 aliphatic rings. The Balaban J connectivity index is 2.26. The lowest BCUT2D eigenvalue weighted by molar-refractivity contribution is -0.137. The van der Waals surface area contributed by atoms with Crippen LogP contribution in [0, 0.1) is 5.82 Å². The van der Waals surface area contributed by atoms with Gasteiger partial charge in [-0.15, -0.1) is 0 Å². The number of alkyl halides is 3. The van der Waals surface area contributed by atoms with Crippen molar-refractivity contribution in [3.63, 3.8) is 0 Å². The highest BCUT2D eigenvalue weighted by Gasteiger charge is 2.31. The van der Waals surface area contributed by atoms with Crippen LogP contribution in [-0.2, 0) is 6.18 Å². The molecule has 0 amide bonds. The number of nitrogens with zero attached hydrogens (tertiary/aromatic N) is 2. The van der Waals surface area contributed by atoms with Crippen molar-refractivity contribution in [3.05, 3.63) is 80.7 Å². The van der Waals surface area contributed by atoms with E-state index in [1.807, 2.05) is 4.98 Å². The van der Waals surface area contributed by atoms with Crippen molar-refractivity contribution < 1.29 is 17.6 Å². The fraction of sp³-hybridized carbons (Fsp3) is 0.0556. The van der Waals surface area contributed by atoms with E-state index in [4.69, 9.17) is 0 Å². The summed E-state index contributed by atoms with van der Waals surface area (Å²) in [6, 6.07) is 9.51. The van der Waals surface area contributed by atoms with Crippen LogP contribution in [0.1, 0.15) is 5.56 Å². The maximum Gasteiger partial charge on any atom is 0.416 e. The average molecular weight is 375 g/mol. The van der Waals surface area contributed by atoms with Crippen LogP contribution in [0.4, 0.5) is 17.6 Å². The van der Waals surface area contributed by atoms with Gasteiger partial charge in [-0.1, -0.05) is 18.2 Å². The second-order valence-corrected chi connectivity index (χ2v) is 5.81. The highest BCUT2D eigenvalue weighted by Crippen LogP contribution is 2.34. The molecule has 27 heavy (non-hydrogen) atoms. The van der Waals surface area contributed by atoms with E-state index in [9.17, 15) is 27.2 Å². The minimum absolute atomic E-state index is 0.0417. The van der Waals surface area contributed by atoms with Crippen molar-refractivity contribution >= 4 is 10.9 Å². The second kappa shape index (κ2) is 5.76. The summed E-state index contributed by atoms with van der Waals surface area (Å²) in [7, 11) is 0. The molecule has 2 heterocycles. The summed E-state index contributed by atoms with van der Waals surface area (Å²) in [5.74, 6) is -0.982. The Hall–Kier alpha value is -3.49. The molecule has 2 aromatic carbocycles. The van der Waals surface area contributed by atoms with Crippen LogP contribution >= 0.6 is 0 Å². The summed E-state index contributed by atoms with van der Waals surface area (Å²) in [5, 5.41) is 0.254. The number of rotatable bonds is 1. The van der Waals surface area contributed by atoms with Crippen molar-refractivity contribution in [2.75, 3.05) is 0 Å². The predicted molar refractivity (Wildman–Crippen MR) is 89.5 cm³/mol. The maximum atomic E-state index is 14.4. The van der Waals surface area contributed by atoms with Gasteiger partial charge >= 0.3 is 11.9 Å². The Kier molecular flexibility index (Phi) is 3.62. The first kappa shape index (κ1) is 17.0. The van der Waals surface area contributed by atoms with Crippen LogP contribution in [0.25, 0.3) is 28.0 Å². The topological polar surface area (TPSA) is 67.8 Å². The summed E-state index contributed by atoms with van der Waals surface area (Å²) in [6.45, 7) is 0. The molecule has 4 rings (SSSR count). The normalized spacial score (nSPS) is 12.0. The molecular weight excluding hydrogens is 366 g/mol. The van der Waals surface area contributed by atoms with Crippen LogP contribution < -0.4 is 11.2 Å². The highest BCUT2D eigenvalue weighted by atomic mass is 19.4. The van der Waals surface area contributed by atoms with Crippen LogP contribution in [-0.4, -0.2) is 14.5 Å². The SMILES string of the molecule is O=c1nc2n(-c3ccccc3F)c3cc(C(F)(F)F)ccc3cc-2c(=O)[nH]1. The predicted octanol–water partition coefficient (Wildman–Crippen LogP) is 3.34. The molecule has 5 nitrogen and oxygen atoms in total. The molecule has 136 valence electrons. The zero-order valence-corrected chi connectivity index (χ0v) is 13.3. The van der Waals surface area contributed by atoms with Crippen molar-refractivity contribution in [3.8, 4) is 17.1 Å². The zero-order valence-electron chi connectivity index (χ0n) is 13.3. The van der Waals surface area contributed by atoms with Crippen molar-refractivity contribution in [2.45, 2.75) is 6.18 Å². The summed E-state index contributed by atoms with van der Waals surface area (Å²) >= 11 is 0. The third-order valence-electron chi connectivity index (χ3n) is 4.12. The number of aromatic amines is 1. The van der Waals surface area contributed by atoms with Gasteiger partial charge in [0.05, 0.1) is 22.3 Å². The van der Waals surface area contributed by atoms with Crippen molar-refractivity contribution in [1.29, 1.82) is 0 Å². The third-order valence-corrected chi connectivity index (χ3v) is 4.12. The van der Waals surface area contributed by atoms with E-state index in [1.165, 1.54) is 30.3 Å². The molecule has 2 aromatic rings. The van der Waals surface area contributed by atoms with Gasteiger partial charge < -0.3 is 0 Å². The van der Waals surface area contributed by atoms with Gasteiger partial charge in [0.15, 0.2) is 5.82 Å². The van der Waals surface area contributed by atoms with Crippen molar-refractivity contribution in [2.24, 2.45) is 0 Å². The molecule has 0 aromatic heterocycles. The highest BCUT2D eigenvalue weighted by molar-refractivity contribution is 5.88. The Labute approximate surface area is 147 Å². The number of hydrogen-bond acceptors (Lipinski definition) is 3. The lowest BCUT2D eigenvalue weighted by Gasteiger charge is -2.19. The van der Waals surface area contributed by atoms with E-state index >= 15 is 0 Å².